The van der Waals surface area contributed by atoms with Crippen LogP contribution < -0.4 is 9.47 Å². The van der Waals surface area contributed by atoms with Crippen molar-refractivity contribution in [2.75, 3.05) is 46.0 Å². The van der Waals surface area contributed by atoms with Crippen molar-refractivity contribution < 1.29 is 24.1 Å². The van der Waals surface area contributed by atoms with Gasteiger partial charge in [0.1, 0.15) is 25.4 Å². The van der Waals surface area contributed by atoms with E-state index in [1.807, 2.05) is 12.1 Å². The fourth-order valence-electron chi connectivity index (χ4n) is 4.31. The van der Waals surface area contributed by atoms with Crippen molar-refractivity contribution in [1.82, 2.24) is 9.80 Å². The van der Waals surface area contributed by atoms with Crippen LogP contribution in [0.2, 0.25) is 0 Å². The maximum atomic E-state index is 11.8. The molecule has 2 unspecified atom stereocenters. The summed E-state index contributed by atoms with van der Waals surface area (Å²) in [5, 5.41) is 18.5. The molecule has 4 rings (SSSR count). The smallest absolute Gasteiger partial charge is 0.410 e. The third-order valence-corrected chi connectivity index (χ3v) is 6.04. The van der Waals surface area contributed by atoms with E-state index in [1.165, 1.54) is 0 Å². The molecular weight excluding hydrogens is 374 g/mol. The van der Waals surface area contributed by atoms with Crippen LogP contribution in [0, 0.1) is 17.2 Å². The molecule has 3 aliphatic rings. The predicted molar refractivity (Wildman–Crippen MR) is 104 cm³/mol. The Bertz CT molecular complexity index is 772. The number of carbonyl (C=O) groups excluding carboxylic acids is 1. The van der Waals surface area contributed by atoms with Gasteiger partial charge in [0, 0.05) is 13.1 Å². The number of fused-ring (bicyclic) bond motifs is 1. The van der Waals surface area contributed by atoms with Gasteiger partial charge in [-0.2, -0.15) is 5.26 Å². The molecule has 0 aromatic heterocycles. The van der Waals surface area contributed by atoms with Gasteiger partial charge in [0.05, 0.1) is 18.2 Å². The average molecular weight is 401 g/mol. The number of nitriles is 1. The zero-order valence-corrected chi connectivity index (χ0v) is 16.5. The van der Waals surface area contributed by atoms with Crippen LogP contribution in [0.4, 0.5) is 4.79 Å². The zero-order valence-electron chi connectivity index (χ0n) is 16.5. The number of para-hydroxylation sites is 1. The van der Waals surface area contributed by atoms with Crippen LogP contribution in [0.15, 0.2) is 18.2 Å². The largest absolute Gasteiger partial charge is 0.484 e. The van der Waals surface area contributed by atoms with Gasteiger partial charge in [-0.25, -0.2) is 4.79 Å². The first-order valence-corrected chi connectivity index (χ1v) is 10.3. The number of cyclic esters (lactones) is 1. The number of aliphatic hydroxyl groups excluding tert-OH is 1. The number of benzene rings is 1. The van der Waals surface area contributed by atoms with E-state index in [9.17, 15) is 9.90 Å². The molecule has 3 heterocycles. The van der Waals surface area contributed by atoms with Crippen LogP contribution in [0.3, 0.4) is 0 Å². The minimum absolute atomic E-state index is 0.0438. The maximum Gasteiger partial charge on any atom is 0.410 e. The molecule has 1 aromatic carbocycles. The van der Waals surface area contributed by atoms with Crippen molar-refractivity contribution >= 4 is 6.09 Å². The standard InChI is InChI=1S/C21H27N3O5/c22-10-16-2-1-3-19-20(16)27-14-18(29-19)11-23-7-4-15(5-8-23)6-9-24-17(12-25)13-28-21(24)26/h1-3,15,17-18,25H,4-9,11-14H2. The predicted octanol–water partition coefficient (Wildman–Crippen LogP) is 1.61. The summed E-state index contributed by atoms with van der Waals surface area (Å²) in [6.07, 6.45) is 2.74. The lowest BCUT2D eigenvalue weighted by Crippen LogP contribution is -2.44. The Kier molecular flexibility index (Phi) is 6.07. The summed E-state index contributed by atoms with van der Waals surface area (Å²) < 4.78 is 16.9. The van der Waals surface area contributed by atoms with Crippen molar-refractivity contribution in [3.8, 4) is 17.6 Å². The highest BCUT2D eigenvalue weighted by Gasteiger charge is 2.33. The molecule has 0 spiro atoms. The molecule has 2 atom stereocenters. The molecular formula is C21H27N3O5. The Morgan fingerprint density at radius 1 is 1.21 bits per heavy atom. The molecule has 1 amide bonds. The molecule has 1 aromatic rings. The van der Waals surface area contributed by atoms with Crippen molar-refractivity contribution in [2.24, 2.45) is 5.92 Å². The van der Waals surface area contributed by atoms with Crippen LogP contribution in [0.1, 0.15) is 24.8 Å². The van der Waals surface area contributed by atoms with Gasteiger partial charge in [-0.15, -0.1) is 0 Å². The molecule has 2 fully saturated rings. The Labute approximate surface area is 170 Å². The van der Waals surface area contributed by atoms with Crippen LogP contribution in [0.25, 0.3) is 0 Å². The Balaban J connectivity index is 1.21. The molecule has 0 saturated carbocycles. The molecule has 0 radical (unpaired) electrons. The van der Waals surface area contributed by atoms with E-state index in [4.69, 9.17) is 19.5 Å². The van der Waals surface area contributed by atoms with Crippen LogP contribution in [-0.2, 0) is 4.74 Å². The van der Waals surface area contributed by atoms with E-state index in [0.717, 1.165) is 38.9 Å². The van der Waals surface area contributed by atoms with Crippen LogP contribution in [-0.4, -0.2) is 79.1 Å². The number of nitrogens with zero attached hydrogens (tertiary/aromatic N) is 3. The van der Waals surface area contributed by atoms with Crippen LogP contribution in [0.5, 0.6) is 11.5 Å². The molecule has 2 saturated heterocycles. The first-order chi connectivity index (χ1) is 14.2. The van der Waals surface area contributed by atoms with E-state index in [-0.39, 0.29) is 31.5 Å². The fraction of sp³-hybridized carbons (Fsp3) is 0.619. The second-order valence-electron chi connectivity index (χ2n) is 7.93. The van der Waals surface area contributed by atoms with Gasteiger partial charge in [0.25, 0.3) is 0 Å². The van der Waals surface area contributed by atoms with Crippen molar-refractivity contribution in [3.63, 3.8) is 0 Å². The number of aliphatic hydroxyl groups is 1. The first-order valence-electron chi connectivity index (χ1n) is 10.3. The number of carbonyl (C=O) groups is 1. The van der Waals surface area contributed by atoms with Gasteiger partial charge >= 0.3 is 6.09 Å². The minimum atomic E-state index is -0.309. The number of likely N-dealkylation sites (tertiary alicyclic amines) is 1. The topological polar surface area (TPSA) is 95.3 Å². The molecule has 0 bridgehead atoms. The maximum absolute atomic E-state index is 11.8. The van der Waals surface area contributed by atoms with Gasteiger partial charge < -0.3 is 19.3 Å². The van der Waals surface area contributed by atoms with E-state index < -0.39 is 0 Å². The van der Waals surface area contributed by atoms with Gasteiger partial charge in [-0.05, 0) is 50.4 Å². The van der Waals surface area contributed by atoms with E-state index in [0.29, 0.717) is 36.1 Å². The van der Waals surface area contributed by atoms with E-state index >= 15 is 0 Å². The lowest BCUT2D eigenvalue weighted by molar-refractivity contribution is 0.0462. The highest BCUT2D eigenvalue weighted by atomic mass is 16.6. The summed E-state index contributed by atoms with van der Waals surface area (Å²) >= 11 is 0. The van der Waals surface area contributed by atoms with Crippen molar-refractivity contribution in [3.05, 3.63) is 23.8 Å². The molecule has 8 heteroatoms. The third kappa shape index (κ3) is 4.41. The first kappa shape index (κ1) is 19.8. The van der Waals surface area contributed by atoms with Crippen molar-refractivity contribution in [1.29, 1.82) is 5.26 Å². The quantitative estimate of drug-likeness (QED) is 0.774. The third-order valence-electron chi connectivity index (χ3n) is 6.04. The van der Waals surface area contributed by atoms with Gasteiger partial charge in [-0.3, -0.25) is 9.80 Å². The van der Waals surface area contributed by atoms with Gasteiger partial charge in [-0.1, -0.05) is 6.07 Å². The number of hydrogen-bond donors (Lipinski definition) is 1. The highest BCUT2D eigenvalue weighted by molar-refractivity contribution is 5.70. The Hall–Kier alpha value is -2.50. The average Bonchev–Trinajstić information content (AvgIpc) is 3.12. The Morgan fingerprint density at radius 3 is 2.79 bits per heavy atom. The number of ether oxygens (including phenoxy) is 3. The number of amides is 1. The molecule has 29 heavy (non-hydrogen) atoms. The normalized spacial score (nSPS) is 25.0. The number of rotatable bonds is 6. The van der Waals surface area contributed by atoms with Gasteiger partial charge in [0.2, 0.25) is 0 Å². The minimum Gasteiger partial charge on any atom is -0.484 e. The fourth-order valence-corrected chi connectivity index (χ4v) is 4.31. The molecule has 156 valence electrons. The summed E-state index contributed by atoms with van der Waals surface area (Å²) in [4.78, 5) is 15.8. The van der Waals surface area contributed by atoms with E-state index in [1.54, 1.807) is 11.0 Å². The van der Waals surface area contributed by atoms with Crippen molar-refractivity contribution in [2.45, 2.75) is 31.4 Å². The Morgan fingerprint density at radius 2 is 2.03 bits per heavy atom. The number of hydrogen-bond acceptors (Lipinski definition) is 7. The summed E-state index contributed by atoms with van der Waals surface area (Å²) in [6.45, 7) is 4.11. The SMILES string of the molecule is N#Cc1cccc2c1OCC(CN1CCC(CCN3C(=O)OCC3CO)CC1)O2. The van der Waals surface area contributed by atoms with E-state index in [2.05, 4.69) is 11.0 Å². The van der Waals surface area contributed by atoms with Gasteiger partial charge in [0.15, 0.2) is 11.5 Å². The second-order valence-corrected chi connectivity index (χ2v) is 7.93. The molecule has 1 N–H and O–H groups in total. The summed E-state index contributed by atoms with van der Waals surface area (Å²) in [5.74, 6) is 1.76. The molecule has 3 aliphatic heterocycles. The summed E-state index contributed by atoms with van der Waals surface area (Å²) in [7, 11) is 0. The zero-order chi connectivity index (χ0) is 20.2. The number of piperidine rings is 1. The lowest BCUT2D eigenvalue weighted by Gasteiger charge is -2.36. The summed E-state index contributed by atoms with van der Waals surface area (Å²) in [5.41, 5.74) is 0.507. The molecule has 0 aliphatic carbocycles. The summed E-state index contributed by atoms with van der Waals surface area (Å²) in [6, 6.07) is 7.33. The monoisotopic (exact) mass is 401 g/mol. The van der Waals surface area contributed by atoms with Crippen LogP contribution >= 0.6 is 0 Å². The highest BCUT2D eigenvalue weighted by Crippen LogP contribution is 2.35. The second kappa shape index (κ2) is 8.89. The molecule has 8 nitrogen and oxygen atoms in total. The lowest BCUT2D eigenvalue weighted by atomic mass is 9.93.